The summed E-state index contributed by atoms with van der Waals surface area (Å²) in [5.41, 5.74) is 8.89. The topological polar surface area (TPSA) is 105 Å². The van der Waals surface area contributed by atoms with Gasteiger partial charge in [0, 0.05) is 0 Å². The Bertz CT molecular complexity index is 719. The van der Waals surface area contributed by atoms with Gasteiger partial charge in [-0.1, -0.05) is 44.4 Å². The van der Waals surface area contributed by atoms with Gasteiger partial charge >= 0.3 is 4.38 Å². The van der Waals surface area contributed by atoms with Gasteiger partial charge in [-0.2, -0.15) is 0 Å². The van der Waals surface area contributed by atoms with E-state index in [1.807, 2.05) is 6.92 Å². The Labute approximate surface area is 125 Å². The molecule has 0 aliphatic heterocycles. The molecule has 0 spiro atoms. The molecule has 1 rings (SSSR count). The third-order valence-corrected chi connectivity index (χ3v) is 7.19. The summed E-state index contributed by atoms with van der Waals surface area (Å²) in [6.07, 6.45) is 2.81. The van der Waals surface area contributed by atoms with Crippen LogP contribution < -0.4 is 0 Å². The van der Waals surface area contributed by atoms with Crippen LogP contribution in [0, 0.1) is 0 Å². The normalized spacial score (nSPS) is 11.9. The number of rotatable bonds is 6. The van der Waals surface area contributed by atoms with Crippen molar-refractivity contribution >= 4 is 24.1 Å². The largest absolute Gasteiger partial charge is 0.499 e. The van der Waals surface area contributed by atoms with Crippen LogP contribution in [0.25, 0.3) is 5.53 Å². The van der Waals surface area contributed by atoms with E-state index in [0.29, 0.717) is 12.8 Å². The maximum atomic E-state index is 12.2. The molecule has 1 aromatic rings. The Hall–Kier alpha value is -1.50. The highest BCUT2D eigenvalue weighted by molar-refractivity contribution is 8.31. The zero-order chi connectivity index (χ0) is 15.9. The van der Waals surface area contributed by atoms with Gasteiger partial charge < -0.3 is 5.53 Å². The van der Waals surface area contributed by atoms with Crippen molar-refractivity contribution in [1.82, 2.24) is 0 Å². The molecule has 1 aromatic carbocycles. The van der Waals surface area contributed by atoms with Crippen LogP contribution in [0.3, 0.4) is 0 Å². The first-order chi connectivity index (χ1) is 9.86. The smallest absolute Gasteiger partial charge is 0.359 e. The minimum absolute atomic E-state index is 0.213. The molecule has 0 amide bonds. The fraction of sp³-hybridized carbons (Fsp3) is 0.462. The van der Waals surface area contributed by atoms with Crippen LogP contribution in [0.4, 0.5) is 0 Å². The third kappa shape index (κ3) is 4.49. The zero-order valence-electron chi connectivity index (χ0n) is 11.8. The molecule has 0 saturated carbocycles. The summed E-state index contributed by atoms with van der Waals surface area (Å²) in [4.78, 5) is 2.33. The van der Waals surface area contributed by atoms with Crippen molar-refractivity contribution in [3.63, 3.8) is 0 Å². The van der Waals surface area contributed by atoms with E-state index in [1.54, 1.807) is 6.07 Å². The maximum absolute atomic E-state index is 12.2. The van der Waals surface area contributed by atoms with Gasteiger partial charge in [0.25, 0.3) is 19.7 Å². The average molecular weight is 330 g/mol. The minimum atomic E-state index is -4.34. The standard InChI is InChI=1S/C13H18N2O4S2/c1-2-3-4-8-11-20(16,17)13(15-14)21(18,19)12-9-6-5-7-10-12/h5-7,9-10H,2-4,8,11H2,1H3. The van der Waals surface area contributed by atoms with Crippen LogP contribution in [-0.2, 0) is 19.7 Å². The van der Waals surface area contributed by atoms with E-state index in [0.717, 1.165) is 12.8 Å². The first-order valence-electron chi connectivity index (χ1n) is 6.61. The summed E-state index contributed by atoms with van der Waals surface area (Å²) < 4.78 is 47.4. The third-order valence-electron chi connectivity index (χ3n) is 2.90. The summed E-state index contributed by atoms with van der Waals surface area (Å²) in [5, 5.41) is 0. The fourth-order valence-corrected chi connectivity index (χ4v) is 5.37. The molecule has 116 valence electrons. The van der Waals surface area contributed by atoms with Crippen molar-refractivity contribution in [2.75, 3.05) is 5.75 Å². The summed E-state index contributed by atoms with van der Waals surface area (Å²) in [6.45, 7) is 1.98. The second-order valence-electron chi connectivity index (χ2n) is 4.56. The summed E-state index contributed by atoms with van der Waals surface area (Å²) in [6, 6.07) is 7.06. The summed E-state index contributed by atoms with van der Waals surface area (Å²) in [5.74, 6) is -0.349. The van der Waals surface area contributed by atoms with Crippen LogP contribution in [0.15, 0.2) is 35.2 Å². The van der Waals surface area contributed by atoms with E-state index in [9.17, 15) is 16.8 Å². The van der Waals surface area contributed by atoms with Gasteiger partial charge in [-0.05, 0) is 18.6 Å². The first kappa shape index (κ1) is 17.6. The van der Waals surface area contributed by atoms with Crippen LogP contribution in [0.1, 0.15) is 32.6 Å². The predicted octanol–water partition coefficient (Wildman–Crippen LogP) is 2.04. The lowest BCUT2D eigenvalue weighted by molar-refractivity contribution is 0.00380. The van der Waals surface area contributed by atoms with E-state index >= 15 is 0 Å². The molecule has 0 aliphatic rings. The number of unbranched alkanes of at least 4 members (excludes halogenated alkanes) is 3. The van der Waals surface area contributed by atoms with E-state index in [1.165, 1.54) is 24.3 Å². The lowest BCUT2D eigenvalue weighted by Crippen LogP contribution is -2.28. The molecule has 21 heavy (non-hydrogen) atoms. The second-order valence-corrected chi connectivity index (χ2v) is 8.71. The molecule has 0 fully saturated rings. The molecular formula is C13H18N2O4S2. The van der Waals surface area contributed by atoms with Crippen molar-refractivity contribution in [2.24, 2.45) is 0 Å². The van der Waals surface area contributed by atoms with E-state index in [-0.39, 0.29) is 10.6 Å². The van der Waals surface area contributed by atoms with Crippen LogP contribution >= 0.6 is 0 Å². The van der Waals surface area contributed by atoms with Gasteiger partial charge in [0.05, 0.1) is 10.6 Å². The highest BCUT2D eigenvalue weighted by Crippen LogP contribution is 2.15. The molecule has 0 heterocycles. The van der Waals surface area contributed by atoms with E-state index in [2.05, 4.69) is 4.79 Å². The van der Waals surface area contributed by atoms with E-state index in [4.69, 9.17) is 5.53 Å². The molecule has 6 nitrogen and oxygen atoms in total. The lowest BCUT2D eigenvalue weighted by atomic mass is 10.2. The van der Waals surface area contributed by atoms with Crippen molar-refractivity contribution in [1.29, 1.82) is 0 Å². The van der Waals surface area contributed by atoms with Gasteiger partial charge in [0.15, 0.2) is 0 Å². The number of sulfone groups is 2. The summed E-state index contributed by atoms with van der Waals surface area (Å²) in [7, 11) is -8.49. The fourth-order valence-electron chi connectivity index (χ4n) is 1.79. The van der Waals surface area contributed by atoms with Crippen molar-refractivity contribution in [3.8, 4) is 0 Å². The minimum Gasteiger partial charge on any atom is -0.359 e. The quantitative estimate of drug-likeness (QED) is 0.262. The Morgan fingerprint density at radius 1 is 1.05 bits per heavy atom. The number of hydrogen-bond donors (Lipinski definition) is 0. The van der Waals surface area contributed by atoms with Crippen LogP contribution in [-0.4, -0.2) is 31.8 Å². The highest BCUT2D eigenvalue weighted by Gasteiger charge is 2.42. The van der Waals surface area contributed by atoms with Crippen molar-refractivity contribution < 1.29 is 21.6 Å². The van der Waals surface area contributed by atoms with Gasteiger partial charge in [-0.15, -0.1) is 4.79 Å². The number of hydrogen-bond acceptors (Lipinski definition) is 4. The zero-order valence-corrected chi connectivity index (χ0v) is 13.4. The van der Waals surface area contributed by atoms with Gasteiger partial charge in [0.1, 0.15) is 0 Å². The van der Waals surface area contributed by atoms with Crippen molar-refractivity contribution in [3.05, 3.63) is 35.9 Å². The molecule has 0 saturated heterocycles. The van der Waals surface area contributed by atoms with Gasteiger partial charge in [-0.25, -0.2) is 16.8 Å². The van der Waals surface area contributed by atoms with Gasteiger partial charge in [0.2, 0.25) is 0 Å². The molecule has 0 N–H and O–H groups in total. The molecule has 0 atom stereocenters. The molecule has 0 radical (unpaired) electrons. The Balaban J connectivity index is 3.06. The molecule has 0 aliphatic carbocycles. The number of benzene rings is 1. The summed E-state index contributed by atoms with van der Waals surface area (Å²) >= 11 is 0. The number of nitrogens with zero attached hydrogens (tertiary/aromatic N) is 2. The SMILES string of the molecule is CCCCCCS(=O)(=O)C(=[N+]=[N-])S(=O)(=O)c1ccccc1. The van der Waals surface area contributed by atoms with Crippen LogP contribution in [0.5, 0.6) is 0 Å². The highest BCUT2D eigenvalue weighted by atomic mass is 32.3. The predicted molar refractivity (Wildman–Crippen MR) is 80.2 cm³/mol. The molecule has 0 unspecified atom stereocenters. The molecular weight excluding hydrogens is 312 g/mol. The van der Waals surface area contributed by atoms with Gasteiger partial charge in [-0.3, -0.25) is 0 Å². The monoisotopic (exact) mass is 330 g/mol. The van der Waals surface area contributed by atoms with Crippen molar-refractivity contribution in [2.45, 2.75) is 37.5 Å². The second kappa shape index (κ2) is 7.49. The lowest BCUT2D eigenvalue weighted by Gasteiger charge is -2.02. The van der Waals surface area contributed by atoms with E-state index < -0.39 is 24.1 Å². The Morgan fingerprint density at radius 2 is 1.67 bits per heavy atom. The maximum Gasteiger partial charge on any atom is 0.499 e. The molecule has 0 bridgehead atoms. The molecule has 8 heteroatoms. The average Bonchev–Trinajstić information content (AvgIpc) is 2.44. The Morgan fingerprint density at radius 3 is 2.19 bits per heavy atom. The van der Waals surface area contributed by atoms with Crippen LogP contribution in [0.2, 0.25) is 0 Å². The Kier molecular flexibility index (Phi) is 6.26. The molecule has 0 aromatic heterocycles. The first-order valence-corrected chi connectivity index (χ1v) is 9.74.